The minimum atomic E-state index is -4.99. The fourth-order valence-electron chi connectivity index (χ4n) is 2.75. The monoisotopic (exact) mass is 428 g/mol. The van der Waals surface area contributed by atoms with Crippen LogP contribution in [0.15, 0.2) is 34.1 Å². The van der Waals surface area contributed by atoms with Crippen molar-refractivity contribution >= 4 is 25.8 Å². The summed E-state index contributed by atoms with van der Waals surface area (Å²) < 4.78 is 87.8. The first kappa shape index (κ1) is 21.6. The SMILES string of the molecule is CN(C)S(=O)(=O)c1ccc(S(=O)(=O)C2CCN(C(=O)C(F)(F)F)CC2)cc1. The molecule has 1 fully saturated rings. The number of alkyl halides is 3. The van der Waals surface area contributed by atoms with Gasteiger partial charge in [-0.2, -0.15) is 13.2 Å². The molecular formula is C15H19F3N2O5S2. The molecule has 0 spiro atoms. The van der Waals surface area contributed by atoms with Crippen molar-refractivity contribution in [2.24, 2.45) is 0 Å². The highest BCUT2D eigenvalue weighted by atomic mass is 32.2. The molecule has 0 N–H and O–H groups in total. The summed E-state index contributed by atoms with van der Waals surface area (Å²) in [5.41, 5.74) is 0. The lowest BCUT2D eigenvalue weighted by Crippen LogP contribution is -2.47. The Labute approximate surface area is 155 Å². The lowest BCUT2D eigenvalue weighted by Gasteiger charge is -2.32. The van der Waals surface area contributed by atoms with Gasteiger partial charge in [0.2, 0.25) is 10.0 Å². The molecule has 2 rings (SSSR count). The summed E-state index contributed by atoms with van der Waals surface area (Å²) in [4.78, 5) is 11.6. The molecule has 1 aromatic rings. The molecule has 12 heteroatoms. The Morgan fingerprint density at radius 1 is 1.00 bits per heavy atom. The molecule has 0 bridgehead atoms. The zero-order valence-electron chi connectivity index (χ0n) is 14.6. The van der Waals surface area contributed by atoms with Gasteiger partial charge in [0.15, 0.2) is 9.84 Å². The molecule has 152 valence electrons. The molecule has 0 aromatic heterocycles. The van der Waals surface area contributed by atoms with Crippen LogP contribution in [0.4, 0.5) is 13.2 Å². The van der Waals surface area contributed by atoms with Gasteiger partial charge < -0.3 is 4.90 Å². The Morgan fingerprint density at radius 3 is 1.85 bits per heavy atom. The lowest BCUT2D eigenvalue weighted by molar-refractivity contribution is -0.186. The Morgan fingerprint density at radius 2 is 1.44 bits per heavy atom. The molecule has 1 aliphatic heterocycles. The van der Waals surface area contributed by atoms with Gasteiger partial charge in [0.1, 0.15) is 0 Å². The number of benzene rings is 1. The summed E-state index contributed by atoms with van der Waals surface area (Å²) in [5, 5.41) is -0.939. The molecular weight excluding hydrogens is 409 g/mol. The predicted molar refractivity (Wildman–Crippen MR) is 90.2 cm³/mol. The van der Waals surface area contributed by atoms with Crippen LogP contribution in [0, 0.1) is 0 Å². The number of likely N-dealkylation sites (tertiary alicyclic amines) is 1. The highest BCUT2D eigenvalue weighted by Crippen LogP contribution is 2.28. The van der Waals surface area contributed by atoms with Gasteiger partial charge >= 0.3 is 12.1 Å². The molecule has 27 heavy (non-hydrogen) atoms. The topological polar surface area (TPSA) is 91.8 Å². The number of carbonyl (C=O) groups excluding carboxylic acids is 1. The van der Waals surface area contributed by atoms with Gasteiger partial charge in [-0.05, 0) is 37.1 Å². The van der Waals surface area contributed by atoms with Crippen molar-refractivity contribution in [1.82, 2.24) is 9.21 Å². The van der Waals surface area contributed by atoms with Crippen LogP contribution in [-0.2, 0) is 24.7 Å². The Balaban J connectivity index is 2.15. The average Bonchev–Trinajstić information content (AvgIpc) is 2.60. The van der Waals surface area contributed by atoms with E-state index < -0.39 is 37.2 Å². The first-order chi connectivity index (χ1) is 12.3. The van der Waals surface area contributed by atoms with E-state index in [1.54, 1.807) is 0 Å². The van der Waals surface area contributed by atoms with E-state index in [0.717, 1.165) is 4.31 Å². The Bertz CT molecular complexity index is 902. The summed E-state index contributed by atoms with van der Waals surface area (Å²) in [5.74, 6) is -1.98. The number of sulfone groups is 1. The third kappa shape index (κ3) is 4.43. The van der Waals surface area contributed by atoms with E-state index in [2.05, 4.69) is 0 Å². The maximum Gasteiger partial charge on any atom is 0.471 e. The molecule has 7 nitrogen and oxygen atoms in total. The number of piperidine rings is 1. The molecule has 0 radical (unpaired) electrons. The van der Waals surface area contributed by atoms with E-state index in [1.165, 1.54) is 38.4 Å². The molecule has 1 heterocycles. The molecule has 1 saturated heterocycles. The number of rotatable bonds is 4. The van der Waals surface area contributed by atoms with E-state index in [0.29, 0.717) is 4.90 Å². The number of amides is 1. The van der Waals surface area contributed by atoms with Gasteiger partial charge in [-0.3, -0.25) is 4.79 Å². The highest BCUT2D eigenvalue weighted by Gasteiger charge is 2.44. The number of nitrogens with zero attached hydrogens (tertiary/aromatic N) is 2. The molecule has 1 amide bonds. The highest BCUT2D eigenvalue weighted by molar-refractivity contribution is 7.92. The number of halogens is 3. The molecule has 0 unspecified atom stereocenters. The number of hydrogen-bond donors (Lipinski definition) is 0. The summed E-state index contributed by atoms with van der Waals surface area (Å²) in [6.07, 6.45) is -5.23. The van der Waals surface area contributed by atoms with Crippen molar-refractivity contribution in [2.45, 2.75) is 34.1 Å². The van der Waals surface area contributed by atoms with Crippen molar-refractivity contribution in [1.29, 1.82) is 0 Å². The fraction of sp³-hybridized carbons (Fsp3) is 0.533. The standard InChI is InChI=1S/C15H19F3N2O5S2/c1-19(2)27(24,25)13-5-3-11(4-6-13)26(22,23)12-7-9-20(10-8-12)14(21)15(16,17)18/h3-6,12H,7-10H2,1-2H3. The van der Waals surface area contributed by atoms with Gasteiger partial charge in [-0.1, -0.05) is 0 Å². The van der Waals surface area contributed by atoms with Gasteiger partial charge in [-0.15, -0.1) is 0 Å². The molecule has 0 aliphatic carbocycles. The number of hydrogen-bond acceptors (Lipinski definition) is 5. The van der Waals surface area contributed by atoms with Gasteiger partial charge in [-0.25, -0.2) is 21.1 Å². The van der Waals surface area contributed by atoms with E-state index in [1.807, 2.05) is 0 Å². The second kappa shape index (κ2) is 7.40. The maximum absolute atomic E-state index is 12.7. The summed E-state index contributed by atoms with van der Waals surface area (Å²) in [7, 11) is -4.88. The smallest absolute Gasteiger partial charge is 0.335 e. The van der Waals surface area contributed by atoms with Crippen molar-refractivity contribution < 1.29 is 34.8 Å². The quantitative estimate of drug-likeness (QED) is 0.720. The first-order valence-corrected chi connectivity index (χ1v) is 10.9. The van der Waals surface area contributed by atoms with Crippen LogP contribution in [0.1, 0.15) is 12.8 Å². The van der Waals surface area contributed by atoms with Gasteiger partial charge in [0.05, 0.1) is 15.0 Å². The number of carbonyl (C=O) groups is 1. The van der Waals surface area contributed by atoms with Crippen LogP contribution >= 0.6 is 0 Å². The van der Waals surface area contributed by atoms with Crippen molar-refractivity contribution in [2.75, 3.05) is 27.2 Å². The molecule has 0 saturated carbocycles. The van der Waals surface area contributed by atoms with Crippen LogP contribution in [0.3, 0.4) is 0 Å². The normalized spacial score (nSPS) is 17.3. The maximum atomic E-state index is 12.7. The zero-order chi connectivity index (χ0) is 20.6. The Hall–Kier alpha value is -1.66. The van der Waals surface area contributed by atoms with E-state index in [4.69, 9.17) is 0 Å². The summed E-state index contributed by atoms with van der Waals surface area (Å²) in [6.45, 7) is -0.620. The minimum Gasteiger partial charge on any atom is -0.335 e. The molecule has 1 aromatic carbocycles. The van der Waals surface area contributed by atoms with E-state index >= 15 is 0 Å². The Kier molecular flexibility index (Phi) is 5.93. The molecule has 1 aliphatic rings. The van der Waals surface area contributed by atoms with Crippen LogP contribution in [0.5, 0.6) is 0 Å². The first-order valence-electron chi connectivity index (χ1n) is 7.90. The van der Waals surface area contributed by atoms with Crippen LogP contribution < -0.4 is 0 Å². The largest absolute Gasteiger partial charge is 0.471 e. The van der Waals surface area contributed by atoms with Gasteiger partial charge in [0.25, 0.3) is 0 Å². The third-order valence-corrected chi connectivity index (χ3v) is 8.45. The van der Waals surface area contributed by atoms with Crippen molar-refractivity contribution in [3.05, 3.63) is 24.3 Å². The average molecular weight is 428 g/mol. The second-order valence-corrected chi connectivity index (χ2v) is 10.7. The minimum absolute atomic E-state index is 0.0722. The summed E-state index contributed by atoms with van der Waals surface area (Å²) in [6, 6.07) is 4.67. The van der Waals surface area contributed by atoms with Crippen LogP contribution in [0.25, 0.3) is 0 Å². The second-order valence-electron chi connectivity index (χ2n) is 6.29. The lowest BCUT2D eigenvalue weighted by atomic mass is 10.1. The predicted octanol–water partition coefficient (Wildman–Crippen LogP) is 1.26. The fourth-order valence-corrected chi connectivity index (χ4v) is 5.39. The summed E-state index contributed by atoms with van der Waals surface area (Å²) >= 11 is 0. The number of sulfonamides is 1. The van der Waals surface area contributed by atoms with E-state index in [9.17, 15) is 34.8 Å². The van der Waals surface area contributed by atoms with Crippen molar-refractivity contribution in [3.63, 3.8) is 0 Å². The van der Waals surface area contributed by atoms with Crippen molar-refractivity contribution in [3.8, 4) is 0 Å². The van der Waals surface area contributed by atoms with Crippen LogP contribution in [0.2, 0.25) is 0 Å². The molecule has 0 atom stereocenters. The van der Waals surface area contributed by atoms with Crippen LogP contribution in [-0.4, -0.2) is 70.6 Å². The van der Waals surface area contributed by atoms with Gasteiger partial charge in [0, 0.05) is 27.2 Å². The third-order valence-electron chi connectivity index (χ3n) is 4.34. The van der Waals surface area contributed by atoms with E-state index in [-0.39, 0.29) is 35.7 Å². The zero-order valence-corrected chi connectivity index (χ0v) is 16.2.